The highest BCUT2D eigenvalue weighted by molar-refractivity contribution is 5.20. The minimum Gasteiger partial charge on any atom is -0.481 e. The van der Waals surface area contributed by atoms with Crippen LogP contribution in [0.3, 0.4) is 0 Å². The zero-order chi connectivity index (χ0) is 14.5. The van der Waals surface area contributed by atoms with E-state index in [2.05, 4.69) is 42.0 Å². The van der Waals surface area contributed by atoms with Crippen LogP contribution in [0.1, 0.15) is 32.8 Å². The van der Waals surface area contributed by atoms with Crippen LogP contribution < -0.4 is 10.1 Å². The van der Waals surface area contributed by atoms with Crippen molar-refractivity contribution < 1.29 is 4.74 Å². The second kappa shape index (κ2) is 7.04. The van der Waals surface area contributed by atoms with E-state index in [9.17, 15) is 0 Å². The Labute approximate surface area is 122 Å². The van der Waals surface area contributed by atoms with Crippen LogP contribution in [0.2, 0.25) is 0 Å². The summed E-state index contributed by atoms with van der Waals surface area (Å²) in [7, 11) is 1.67. The Balaban J connectivity index is 2.09. The third-order valence-corrected chi connectivity index (χ3v) is 4.20. The van der Waals surface area contributed by atoms with Gasteiger partial charge in [-0.25, -0.2) is 4.98 Å². The number of ether oxygens (including phenoxy) is 1. The van der Waals surface area contributed by atoms with Gasteiger partial charge in [0, 0.05) is 44.0 Å². The summed E-state index contributed by atoms with van der Waals surface area (Å²) in [6.07, 6.45) is 3.01. The molecule has 1 aliphatic rings. The average Bonchev–Trinajstić information content (AvgIpc) is 2.47. The maximum Gasteiger partial charge on any atom is 0.213 e. The molecule has 1 N–H and O–H groups in total. The lowest BCUT2D eigenvalue weighted by Crippen LogP contribution is -2.57. The number of rotatable bonds is 5. The number of hydrogen-bond acceptors (Lipinski definition) is 4. The zero-order valence-electron chi connectivity index (χ0n) is 13.1. The van der Waals surface area contributed by atoms with Gasteiger partial charge in [-0.1, -0.05) is 20.8 Å². The largest absolute Gasteiger partial charge is 0.481 e. The second-order valence-electron chi connectivity index (χ2n) is 5.96. The van der Waals surface area contributed by atoms with Crippen LogP contribution in [0.4, 0.5) is 0 Å². The maximum atomic E-state index is 5.22. The molecule has 0 amide bonds. The zero-order valence-corrected chi connectivity index (χ0v) is 13.1. The van der Waals surface area contributed by atoms with E-state index in [1.54, 1.807) is 7.11 Å². The fourth-order valence-corrected chi connectivity index (χ4v) is 2.91. The molecule has 2 atom stereocenters. The van der Waals surface area contributed by atoms with Gasteiger partial charge in [-0.05, 0) is 24.0 Å². The molecule has 2 rings (SSSR count). The summed E-state index contributed by atoms with van der Waals surface area (Å²) in [5.74, 6) is 1.36. The summed E-state index contributed by atoms with van der Waals surface area (Å²) < 4.78 is 5.22. The van der Waals surface area contributed by atoms with Crippen molar-refractivity contribution in [3.8, 4) is 5.88 Å². The van der Waals surface area contributed by atoms with E-state index in [0.29, 0.717) is 23.9 Å². The van der Waals surface area contributed by atoms with Gasteiger partial charge in [0.15, 0.2) is 0 Å². The van der Waals surface area contributed by atoms with Crippen molar-refractivity contribution in [3.63, 3.8) is 0 Å². The second-order valence-corrected chi connectivity index (χ2v) is 5.96. The van der Waals surface area contributed by atoms with Crippen LogP contribution in [0.15, 0.2) is 18.3 Å². The molecular weight excluding hydrogens is 250 g/mol. The topological polar surface area (TPSA) is 37.4 Å². The van der Waals surface area contributed by atoms with Gasteiger partial charge >= 0.3 is 0 Å². The first-order chi connectivity index (χ1) is 9.63. The Morgan fingerprint density at radius 2 is 2.30 bits per heavy atom. The molecule has 1 aliphatic heterocycles. The van der Waals surface area contributed by atoms with Gasteiger partial charge in [0.1, 0.15) is 0 Å². The Hall–Kier alpha value is -1.13. The number of nitrogens with one attached hydrogen (secondary N) is 1. The van der Waals surface area contributed by atoms with Gasteiger partial charge in [-0.2, -0.15) is 0 Å². The summed E-state index contributed by atoms with van der Waals surface area (Å²) in [5, 5.41) is 3.66. The van der Waals surface area contributed by atoms with E-state index in [1.165, 1.54) is 12.0 Å². The lowest BCUT2D eigenvalue weighted by Gasteiger charge is -2.42. The lowest BCUT2D eigenvalue weighted by molar-refractivity contribution is 0.0899. The number of nitrogens with zero attached hydrogens (tertiary/aromatic N) is 2. The van der Waals surface area contributed by atoms with Crippen LogP contribution in [-0.2, 0) is 6.54 Å². The Bertz CT molecular complexity index is 422. The molecule has 4 heteroatoms. The monoisotopic (exact) mass is 277 g/mol. The molecule has 2 unspecified atom stereocenters. The fraction of sp³-hybridized carbons (Fsp3) is 0.688. The van der Waals surface area contributed by atoms with Crippen molar-refractivity contribution in [2.24, 2.45) is 5.92 Å². The van der Waals surface area contributed by atoms with Crippen molar-refractivity contribution in [2.75, 3.05) is 20.2 Å². The molecule has 2 heterocycles. The average molecular weight is 277 g/mol. The van der Waals surface area contributed by atoms with E-state index in [-0.39, 0.29) is 0 Å². The fourth-order valence-electron chi connectivity index (χ4n) is 2.91. The molecule has 0 saturated carbocycles. The summed E-state index contributed by atoms with van der Waals surface area (Å²) in [4.78, 5) is 6.78. The van der Waals surface area contributed by atoms with Gasteiger partial charge in [0.25, 0.3) is 0 Å². The van der Waals surface area contributed by atoms with Gasteiger partial charge in [-0.3, -0.25) is 4.90 Å². The molecule has 0 bridgehead atoms. The van der Waals surface area contributed by atoms with Crippen LogP contribution >= 0.6 is 0 Å². The van der Waals surface area contributed by atoms with Crippen molar-refractivity contribution in [1.82, 2.24) is 15.2 Å². The highest BCUT2D eigenvalue weighted by atomic mass is 16.5. The minimum atomic E-state index is 0.594. The highest BCUT2D eigenvalue weighted by Gasteiger charge is 2.28. The summed E-state index contributed by atoms with van der Waals surface area (Å²) in [6, 6.07) is 5.33. The van der Waals surface area contributed by atoms with E-state index in [4.69, 9.17) is 4.74 Å². The molecule has 0 aliphatic carbocycles. The number of pyridine rings is 1. The number of aromatic nitrogens is 1. The molecule has 1 aromatic heterocycles. The first-order valence-electron chi connectivity index (χ1n) is 7.60. The third kappa shape index (κ3) is 3.70. The predicted octanol–water partition coefficient (Wildman–Crippen LogP) is 2.30. The van der Waals surface area contributed by atoms with Crippen molar-refractivity contribution in [1.29, 1.82) is 0 Å². The summed E-state index contributed by atoms with van der Waals surface area (Å²) >= 11 is 0. The van der Waals surface area contributed by atoms with Gasteiger partial charge in [-0.15, -0.1) is 0 Å². The van der Waals surface area contributed by atoms with E-state index in [1.807, 2.05) is 12.3 Å². The molecule has 20 heavy (non-hydrogen) atoms. The quantitative estimate of drug-likeness (QED) is 0.896. The van der Waals surface area contributed by atoms with Crippen molar-refractivity contribution in [2.45, 2.75) is 45.8 Å². The molecular formula is C16H27N3O. The van der Waals surface area contributed by atoms with E-state index in [0.717, 1.165) is 19.6 Å². The predicted molar refractivity (Wildman–Crippen MR) is 81.9 cm³/mol. The first kappa shape index (κ1) is 15.3. The Kier molecular flexibility index (Phi) is 5.38. The van der Waals surface area contributed by atoms with E-state index >= 15 is 0 Å². The highest BCUT2D eigenvalue weighted by Crippen LogP contribution is 2.20. The number of hydrogen-bond donors (Lipinski definition) is 1. The van der Waals surface area contributed by atoms with Crippen molar-refractivity contribution in [3.05, 3.63) is 23.9 Å². The third-order valence-electron chi connectivity index (χ3n) is 4.20. The maximum absolute atomic E-state index is 5.22. The van der Waals surface area contributed by atoms with Gasteiger partial charge < -0.3 is 10.1 Å². The minimum absolute atomic E-state index is 0.594. The van der Waals surface area contributed by atoms with Crippen molar-refractivity contribution >= 4 is 0 Å². The molecule has 1 saturated heterocycles. The normalized spacial score (nSPS) is 24.1. The number of piperazine rings is 1. The standard InChI is InChI=1S/C16H27N3O/c1-5-14-11-19(15(9-18-14)12(2)3)10-13-6-7-17-16(8-13)20-4/h6-8,12,14-15,18H,5,9-11H2,1-4H3. The SMILES string of the molecule is CCC1CN(Cc2ccnc(OC)c2)C(C(C)C)CN1. The summed E-state index contributed by atoms with van der Waals surface area (Å²) in [5.41, 5.74) is 1.28. The smallest absolute Gasteiger partial charge is 0.213 e. The molecule has 112 valence electrons. The van der Waals surface area contributed by atoms with Gasteiger partial charge in [0.05, 0.1) is 7.11 Å². The van der Waals surface area contributed by atoms with Crippen LogP contribution in [0.5, 0.6) is 5.88 Å². The summed E-state index contributed by atoms with van der Waals surface area (Å²) in [6.45, 7) is 10.0. The number of methoxy groups -OCH3 is 1. The lowest BCUT2D eigenvalue weighted by atomic mass is 9.97. The molecule has 0 spiro atoms. The van der Waals surface area contributed by atoms with E-state index < -0.39 is 0 Å². The van der Waals surface area contributed by atoms with Crippen LogP contribution in [0.25, 0.3) is 0 Å². The molecule has 1 aromatic rings. The molecule has 1 fully saturated rings. The molecule has 0 radical (unpaired) electrons. The Morgan fingerprint density at radius 3 is 2.95 bits per heavy atom. The van der Waals surface area contributed by atoms with Crippen LogP contribution in [-0.4, -0.2) is 42.2 Å². The molecule has 0 aromatic carbocycles. The van der Waals surface area contributed by atoms with Gasteiger partial charge in [0.2, 0.25) is 5.88 Å². The Morgan fingerprint density at radius 1 is 1.50 bits per heavy atom. The molecule has 4 nitrogen and oxygen atoms in total. The first-order valence-corrected chi connectivity index (χ1v) is 7.60. The van der Waals surface area contributed by atoms with Crippen LogP contribution in [0, 0.1) is 5.92 Å².